The Hall–Kier alpha value is -4.24. The fourth-order valence-electron chi connectivity index (χ4n) is 5.36. The van der Waals surface area contributed by atoms with Crippen LogP contribution < -0.4 is 25.0 Å². The van der Waals surface area contributed by atoms with Crippen molar-refractivity contribution in [3.63, 3.8) is 0 Å². The van der Waals surface area contributed by atoms with E-state index in [0.717, 1.165) is 43.9 Å². The lowest BCUT2D eigenvalue weighted by Gasteiger charge is -2.38. The largest absolute Gasteiger partial charge is 0.497 e. The van der Waals surface area contributed by atoms with Gasteiger partial charge in [-0.1, -0.05) is 18.2 Å². The second-order valence-electron chi connectivity index (χ2n) is 10.3. The number of carbonyl (C=O) groups excluding carboxylic acids is 2. The second kappa shape index (κ2) is 12.3. The quantitative estimate of drug-likeness (QED) is 0.464. The van der Waals surface area contributed by atoms with Crippen molar-refractivity contribution in [2.75, 3.05) is 69.5 Å². The summed E-state index contributed by atoms with van der Waals surface area (Å²) >= 11 is 0. The monoisotopic (exact) mass is 543 g/mol. The van der Waals surface area contributed by atoms with Crippen LogP contribution in [0, 0.1) is 0 Å². The molecule has 0 aliphatic carbocycles. The minimum absolute atomic E-state index is 0.0919. The molecule has 5 rings (SSSR count). The first-order chi connectivity index (χ1) is 19.4. The van der Waals surface area contributed by atoms with E-state index in [1.165, 1.54) is 16.8 Å². The third kappa shape index (κ3) is 6.31. The summed E-state index contributed by atoms with van der Waals surface area (Å²) in [5, 5.41) is 5.62. The smallest absolute Gasteiger partial charge is 0.323 e. The van der Waals surface area contributed by atoms with E-state index in [1.54, 1.807) is 26.4 Å². The number of urea groups is 1. The van der Waals surface area contributed by atoms with Gasteiger partial charge in [-0.25, -0.2) is 4.79 Å². The van der Waals surface area contributed by atoms with E-state index in [1.807, 2.05) is 41.3 Å². The maximum atomic E-state index is 13.4. The van der Waals surface area contributed by atoms with Crippen molar-refractivity contribution < 1.29 is 19.1 Å². The van der Waals surface area contributed by atoms with Gasteiger partial charge in [0, 0.05) is 73.5 Å². The molecule has 2 N–H and O–H groups in total. The Morgan fingerprint density at radius 2 is 1.57 bits per heavy atom. The van der Waals surface area contributed by atoms with Crippen LogP contribution in [0.4, 0.5) is 21.9 Å². The molecule has 0 aromatic heterocycles. The Bertz CT molecular complexity index is 1350. The predicted molar refractivity (Wildman–Crippen MR) is 158 cm³/mol. The average molecular weight is 544 g/mol. The lowest BCUT2D eigenvalue weighted by atomic mass is 9.95. The van der Waals surface area contributed by atoms with E-state index in [9.17, 15) is 9.59 Å². The molecule has 0 saturated carbocycles. The van der Waals surface area contributed by atoms with Gasteiger partial charge in [0.25, 0.3) is 0 Å². The Kier molecular flexibility index (Phi) is 8.40. The minimum atomic E-state index is -0.351. The molecule has 2 aliphatic heterocycles. The molecule has 40 heavy (non-hydrogen) atoms. The highest BCUT2D eigenvalue weighted by molar-refractivity contribution is 5.99. The lowest BCUT2D eigenvalue weighted by molar-refractivity contribution is -0.131. The Balaban J connectivity index is 1.21. The number of carbonyl (C=O) groups is 2. The topological polar surface area (TPSA) is 86.4 Å². The SMILES string of the molecule is COc1cccc(NC(=O)Nc2ccc(CC(=O)N3CCc4c(OC)ccc(N5CCN(C)CC5)c4C3)cc2)c1. The number of anilines is 3. The van der Waals surface area contributed by atoms with Crippen molar-refractivity contribution in [3.8, 4) is 11.5 Å². The molecule has 9 nitrogen and oxygen atoms in total. The Morgan fingerprint density at radius 3 is 2.30 bits per heavy atom. The average Bonchev–Trinajstić information content (AvgIpc) is 2.98. The highest BCUT2D eigenvalue weighted by Crippen LogP contribution is 2.36. The van der Waals surface area contributed by atoms with E-state index in [2.05, 4.69) is 39.6 Å². The summed E-state index contributed by atoms with van der Waals surface area (Å²) in [6, 6.07) is 18.4. The van der Waals surface area contributed by atoms with Gasteiger partial charge in [-0.3, -0.25) is 4.79 Å². The van der Waals surface area contributed by atoms with Gasteiger partial charge in [0.15, 0.2) is 0 Å². The van der Waals surface area contributed by atoms with Crippen molar-refractivity contribution in [2.24, 2.45) is 0 Å². The van der Waals surface area contributed by atoms with Gasteiger partial charge in [-0.15, -0.1) is 0 Å². The van der Waals surface area contributed by atoms with E-state index >= 15 is 0 Å². The zero-order valence-electron chi connectivity index (χ0n) is 23.4. The number of fused-ring (bicyclic) bond motifs is 1. The molecule has 210 valence electrons. The van der Waals surface area contributed by atoms with Crippen molar-refractivity contribution >= 4 is 29.0 Å². The molecule has 3 aromatic rings. The summed E-state index contributed by atoms with van der Waals surface area (Å²) in [6.45, 7) is 5.24. The number of hydrogen-bond acceptors (Lipinski definition) is 6. The number of hydrogen-bond donors (Lipinski definition) is 2. The van der Waals surface area contributed by atoms with Crippen LogP contribution >= 0.6 is 0 Å². The maximum Gasteiger partial charge on any atom is 0.323 e. The van der Waals surface area contributed by atoms with E-state index in [0.29, 0.717) is 36.6 Å². The molecular weight excluding hydrogens is 506 g/mol. The van der Waals surface area contributed by atoms with Crippen LogP contribution in [-0.4, -0.2) is 75.7 Å². The van der Waals surface area contributed by atoms with Crippen LogP contribution in [0.25, 0.3) is 0 Å². The zero-order chi connectivity index (χ0) is 28.1. The molecule has 0 unspecified atom stereocenters. The molecule has 9 heteroatoms. The number of nitrogens with zero attached hydrogens (tertiary/aromatic N) is 3. The predicted octanol–water partition coefficient (Wildman–Crippen LogP) is 4.23. The van der Waals surface area contributed by atoms with Crippen LogP contribution in [0.5, 0.6) is 11.5 Å². The second-order valence-corrected chi connectivity index (χ2v) is 10.3. The summed E-state index contributed by atoms with van der Waals surface area (Å²) in [4.78, 5) is 32.5. The van der Waals surface area contributed by atoms with Crippen LogP contribution in [0.15, 0.2) is 60.7 Å². The number of methoxy groups -OCH3 is 2. The molecule has 3 aromatic carbocycles. The molecule has 1 saturated heterocycles. The van der Waals surface area contributed by atoms with Gasteiger partial charge < -0.3 is 34.8 Å². The molecule has 2 heterocycles. The van der Waals surface area contributed by atoms with Gasteiger partial charge in [0.2, 0.25) is 5.91 Å². The van der Waals surface area contributed by atoms with Crippen molar-refractivity contribution in [3.05, 3.63) is 77.4 Å². The molecule has 1 fully saturated rings. The summed E-state index contributed by atoms with van der Waals surface area (Å²) in [5.41, 5.74) is 5.81. The van der Waals surface area contributed by atoms with Crippen LogP contribution in [0.2, 0.25) is 0 Å². The van der Waals surface area contributed by atoms with Gasteiger partial charge in [-0.05, 0) is 55.4 Å². The Morgan fingerprint density at radius 1 is 0.825 bits per heavy atom. The fourth-order valence-corrected chi connectivity index (χ4v) is 5.36. The molecule has 0 atom stereocenters. The van der Waals surface area contributed by atoms with Gasteiger partial charge in [-0.2, -0.15) is 0 Å². The minimum Gasteiger partial charge on any atom is -0.497 e. The highest BCUT2D eigenvalue weighted by atomic mass is 16.5. The third-order valence-electron chi connectivity index (χ3n) is 7.66. The standard InChI is InChI=1S/C31H37N5O4/c1-34-15-17-35(18-16-34)28-11-12-29(40-3)26-13-14-36(21-27(26)28)30(37)19-22-7-9-23(10-8-22)32-31(38)33-24-5-4-6-25(20-24)39-2/h4-12,20H,13-19,21H2,1-3H3,(H2,32,33,38). The van der Waals surface area contributed by atoms with Gasteiger partial charge >= 0.3 is 6.03 Å². The fraction of sp³-hybridized carbons (Fsp3) is 0.355. The molecule has 2 aliphatic rings. The molecule has 0 bridgehead atoms. The number of rotatable bonds is 7. The summed E-state index contributed by atoms with van der Waals surface area (Å²) in [5.74, 6) is 1.66. The highest BCUT2D eigenvalue weighted by Gasteiger charge is 2.28. The molecule has 0 spiro atoms. The summed E-state index contributed by atoms with van der Waals surface area (Å²) in [6.07, 6.45) is 1.08. The normalized spacial score (nSPS) is 15.3. The first kappa shape index (κ1) is 27.3. The first-order valence-electron chi connectivity index (χ1n) is 13.6. The van der Waals surface area contributed by atoms with Crippen LogP contribution in [0.3, 0.4) is 0 Å². The van der Waals surface area contributed by atoms with Crippen LogP contribution in [-0.2, 0) is 24.2 Å². The number of ether oxygens (including phenoxy) is 2. The Labute approximate surface area is 235 Å². The van der Waals surface area contributed by atoms with Crippen molar-refractivity contribution in [1.29, 1.82) is 0 Å². The number of likely N-dealkylation sites (N-methyl/N-ethyl adjacent to an activating group) is 1. The molecule has 3 amide bonds. The summed E-state index contributed by atoms with van der Waals surface area (Å²) in [7, 11) is 5.45. The van der Waals surface area contributed by atoms with E-state index in [4.69, 9.17) is 9.47 Å². The van der Waals surface area contributed by atoms with E-state index in [-0.39, 0.29) is 11.9 Å². The number of piperazine rings is 1. The van der Waals surface area contributed by atoms with Crippen molar-refractivity contribution in [1.82, 2.24) is 9.80 Å². The number of amides is 3. The van der Waals surface area contributed by atoms with Gasteiger partial charge in [0.05, 0.1) is 20.6 Å². The number of benzene rings is 3. The van der Waals surface area contributed by atoms with Crippen LogP contribution in [0.1, 0.15) is 16.7 Å². The van der Waals surface area contributed by atoms with Gasteiger partial charge in [0.1, 0.15) is 11.5 Å². The van der Waals surface area contributed by atoms with Crippen molar-refractivity contribution in [2.45, 2.75) is 19.4 Å². The number of nitrogens with one attached hydrogen (secondary N) is 2. The molecular formula is C31H37N5O4. The third-order valence-corrected chi connectivity index (χ3v) is 7.66. The first-order valence-corrected chi connectivity index (χ1v) is 13.6. The zero-order valence-corrected chi connectivity index (χ0v) is 23.4. The van der Waals surface area contributed by atoms with E-state index < -0.39 is 0 Å². The molecule has 0 radical (unpaired) electrons. The lowest BCUT2D eigenvalue weighted by Crippen LogP contribution is -2.45. The summed E-state index contributed by atoms with van der Waals surface area (Å²) < 4.78 is 10.9. The maximum absolute atomic E-state index is 13.4.